The van der Waals surface area contributed by atoms with Crippen LogP contribution in [0.4, 0.5) is 36.4 Å². The van der Waals surface area contributed by atoms with Gasteiger partial charge in [-0.15, -0.1) is 0 Å². The minimum atomic E-state index is -6.25. The number of carbonyl (C=O) groups excluding carboxylic acids is 2. The predicted octanol–water partition coefficient (Wildman–Crippen LogP) is 5.84. The topological polar surface area (TPSA) is 75.6 Å². The first-order valence-corrected chi connectivity index (χ1v) is 9.95. The van der Waals surface area contributed by atoms with Gasteiger partial charge in [-0.05, 0) is 48.0 Å². The molecular weight excluding hydrogens is 499 g/mol. The molecule has 5 nitrogen and oxygen atoms in total. The molecule has 2 N–H and O–H groups in total. The second-order valence-electron chi connectivity index (χ2n) is 7.47. The van der Waals surface area contributed by atoms with Crippen molar-refractivity contribution in [3.63, 3.8) is 0 Å². The van der Waals surface area contributed by atoms with Crippen molar-refractivity contribution in [1.82, 2.24) is 0 Å². The lowest BCUT2D eigenvalue weighted by Gasteiger charge is -2.34. The lowest BCUT2D eigenvalue weighted by molar-refractivity contribution is -0.376. The van der Waals surface area contributed by atoms with E-state index in [1.807, 2.05) is 0 Å². The highest BCUT2D eigenvalue weighted by molar-refractivity contribution is 6.05. The normalized spacial score (nSPS) is 12.2. The van der Waals surface area contributed by atoms with Gasteiger partial charge in [0.2, 0.25) is 0 Å². The van der Waals surface area contributed by atoms with Crippen LogP contribution >= 0.6 is 0 Å². The molecule has 0 saturated carbocycles. The molecule has 3 rings (SSSR count). The second-order valence-corrected chi connectivity index (χ2v) is 7.47. The zero-order valence-electron chi connectivity index (χ0n) is 18.2. The van der Waals surface area contributed by atoms with Gasteiger partial charge in [0.05, 0.1) is 12.7 Å². The third kappa shape index (κ3) is 4.89. The van der Waals surface area contributed by atoms with E-state index < -0.39 is 58.0 Å². The molecule has 1 amide bonds. The molecule has 3 aromatic carbocycles. The summed E-state index contributed by atoms with van der Waals surface area (Å²) in [5.74, 6) is -2.78. The number of methoxy groups -OCH3 is 1. The Morgan fingerprint density at radius 2 is 1.36 bits per heavy atom. The summed E-state index contributed by atoms with van der Waals surface area (Å²) >= 11 is 0. The molecule has 0 heterocycles. The van der Waals surface area contributed by atoms with Crippen LogP contribution in [0.25, 0.3) is 11.1 Å². The van der Waals surface area contributed by atoms with E-state index in [1.54, 1.807) is 0 Å². The van der Waals surface area contributed by atoms with Gasteiger partial charge in [-0.25, -0.2) is 9.18 Å². The maximum Gasteiger partial charge on any atom is 0.430 e. The molecule has 0 unspecified atom stereocenters. The monoisotopic (exact) mass is 515 g/mol. The molecule has 0 aliphatic rings. The van der Waals surface area contributed by atoms with Crippen molar-refractivity contribution in [2.75, 3.05) is 12.4 Å². The van der Waals surface area contributed by atoms with Crippen LogP contribution in [-0.2, 0) is 10.3 Å². The highest BCUT2D eigenvalue weighted by Crippen LogP contribution is 2.53. The van der Waals surface area contributed by atoms with Crippen molar-refractivity contribution in [2.24, 2.45) is 0 Å². The molecule has 0 saturated heterocycles. The number of hydrogen-bond acceptors (Lipinski definition) is 4. The molecular formula is C24H16F7NO4. The lowest BCUT2D eigenvalue weighted by Crippen LogP contribution is -2.54. The van der Waals surface area contributed by atoms with Crippen LogP contribution in [-0.4, -0.2) is 36.4 Å². The number of amides is 1. The van der Waals surface area contributed by atoms with E-state index in [0.29, 0.717) is 0 Å². The number of rotatable bonds is 5. The molecule has 0 bridgehead atoms. The fourth-order valence-electron chi connectivity index (χ4n) is 3.38. The summed E-state index contributed by atoms with van der Waals surface area (Å²) in [6.45, 7) is 0. The van der Waals surface area contributed by atoms with Crippen LogP contribution in [0.3, 0.4) is 0 Å². The van der Waals surface area contributed by atoms with Crippen molar-refractivity contribution >= 4 is 17.6 Å². The number of benzene rings is 3. The van der Waals surface area contributed by atoms with Crippen LogP contribution in [0.1, 0.15) is 26.3 Å². The minimum absolute atomic E-state index is 0.0889. The van der Waals surface area contributed by atoms with Crippen molar-refractivity contribution in [1.29, 1.82) is 0 Å². The molecule has 36 heavy (non-hydrogen) atoms. The maximum atomic E-state index is 14.3. The van der Waals surface area contributed by atoms with E-state index in [1.165, 1.54) is 36.4 Å². The number of anilines is 1. The third-order valence-electron chi connectivity index (χ3n) is 5.22. The highest BCUT2D eigenvalue weighted by Gasteiger charge is 2.72. The van der Waals surface area contributed by atoms with E-state index in [-0.39, 0.29) is 17.2 Å². The van der Waals surface area contributed by atoms with Gasteiger partial charge in [0, 0.05) is 22.4 Å². The molecule has 0 radical (unpaired) electrons. The molecule has 0 aromatic heterocycles. The van der Waals surface area contributed by atoms with Crippen LogP contribution in [0.5, 0.6) is 0 Å². The number of nitrogens with one attached hydrogen (secondary N) is 1. The standard InChI is InChI=1S/C24H16F7NO4/c1-36-21(34)14-8-6-13(7-9-14)20(33)32-15-10-11-16(17-4-2-3-5-19(17)25)18(12-15)22(35,23(26,27)28)24(29,30)31/h2-12,35H,1H3,(H,32,33). The van der Waals surface area contributed by atoms with Crippen molar-refractivity contribution < 1.29 is 50.2 Å². The fraction of sp³-hybridized carbons (Fsp3) is 0.167. The molecule has 0 fully saturated rings. The van der Waals surface area contributed by atoms with Gasteiger partial charge >= 0.3 is 18.3 Å². The van der Waals surface area contributed by atoms with E-state index in [2.05, 4.69) is 10.1 Å². The number of alkyl halides is 6. The molecule has 0 spiro atoms. The number of ether oxygens (including phenoxy) is 1. The lowest BCUT2D eigenvalue weighted by atomic mass is 9.85. The predicted molar refractivity (Wildman–Crippen MR) is 114 cm³/mol. The van der Waals surface area contributed by atoms with E-state index in [4.69, 9.17) is 0 Å². The Labute approximate surface area is 199 Å². The Morgan fingerprint density at radius 1 is 0.806 bits per heavy atom. The van der Waals surface area contributed by atoms with Gasteiger partial charge < -0.3 is 15.2 Å². The van der Waals surface area contributed by atoms with Crippen molar-refractivity contribution in [2.45, 2.75) is 18.0 Å². The Bertz CT molecular complexity index is 1270. The average Bonchev–Trinajstić information content (AvgIpc) is 2.82. The maximum absolute atomic E-state index is 14.3. The summed E-state index contributed by atoms with van der Waals surface area (Å²) in [7, 11) is 1.13. The first-order chi connectivity index (χ1) is 16.7. The van der Waals surface area contributed by atoms with Crippen molar-refractivity contribution in [3.05, 3.63) is 89.2 Å². The SMILES string of the molecule is COC(=O)c1ccc(C(=O)Nc2ccc(-c3ccccc3F)c(C(O)(C(F)(F)F)C(F)(F)F)c2)cc1. The second kappa shape index (κ2) is 9.61. The first-order valence-electron chi connectivity index (χ1n) is 9.95. The number of carbonyl (C=O) groups is 2. The minimum Gasteiger partial charge on any atom is -0.465 e. The molecule has 3 aromatic rings. The largest absolute Gasteiger partial charge is 0.465 e. The summed E-state index contributed by atoms with van der Waals surface area (Å²) in [5.41, 5.74) is -9.18. The van der Waals surface area contributed by atoms with Gasteiger partial charge in [0.1, 0.15) is 5.82 Å². The number of esters is 1. The van der Waals surface area contributed by atoms with Gasteiger partial charge in [0.25, 0.3) is 11.5 Å². The summed E-state index contributed by atoms with van der Waals surface area (Å²) in [6, 6.07) is 10.9. The summed E-state index contributed by atoms with van der Waals surface area (Å²) in [4.78, 5) is 24.0. The smallest absolute Gasteiger partial charge is 0.430 e. The fourth-order valence-corrected chi connectivity index (χ4v) is 3.38. The molecule has 0 aliphatic heterocycles. The number of aliphatic hydroxyl groups is 1. The van der Waals surface area contributed by atoms with Crippen LogP contribution in [0.15, 0.2) is 66.7 Å². The quantitative estimate of drug-likeness (QED) is 0.331. The highest BCUT2D eigenvalue weighted by atomic mass is 19.4. The van der Waals surface area contributed by atoms with Crippen molar-refractivity contribution in [3.8, 4) is 11.1 Å². The third-order valence-corrected chi connectivity index (χ3v) is 5.22. The molecule has 190 valence electrons. The molecule has 0 aliphatic carbocycles. The van der Waals surface area contributed by atoms with E-state index in [9.17, 15) is 45.4 Å². The number of hydrogen-bond donors (Lipinski definition) is 2. The first kappa shape index (κ1) is 26.7. The Morgan fingerprint density at radius 3 is 1.89 bits per heavy atom. The molecule has 0 atom stereocenters. The van der Waals surface area contributed by atoms with Gasteiger partial charge in [0.15, 0.2) is 0 Å². The Hall–Kier alpha value is -3.93. The van der Waals surface area contributed by atoms with Gasteiger partial charge in [-0.2, -0.15) is 26.3 Å². The average molecular weight is 515 g/mol. The van der Waals surface area contributed by atoms with Crippen LogP contribution in [0.2, 0.25) is 0 Å². The Kier molecular flexibility index (Phi) is 7.12. The molecule has 12 heteroatoms. The summed E-state index contributed by atoms with van der Waals surface area (Å²) in [6.07, 6.45) is -12.5. The summed E-state index contributed by atoms with van der Waals surface area (Å²) < 4.78 is 101. The zero-order valence-corrected chi connectivity index (χ0v) is 18.2. The van der Waals surface area contributed by atoms with E-state index >= 15 is 0 Å². The zero-order chi connectivity index (χ0) is 26.9. The van der Waals surface area contributed by atoms with Gasteiger partial charge in [-0.3, -0.25) is 4.79 Å². The van der Waals surface area contributed by atoms with Crippen LogP contribution in [0, 0.1) is 5.82 Å². The summed E-state index contributed by atoms with van der Waals surface area (Å²) in [5, 5.41) is 12.2. The van der Waals surface area contributed by atoms with E-state index in [0.717, 1.165) is 31.4 Å². The number of halogens is 7. The van der Waals surface area contributed by atoms with Gasteiger partial charge in [-0.1, -0.05) is 24.3 Å². The Balaban J connectivity index is 2.12. The van der Waals surface area contributed by atoms with Crippen LogP contribution < -0.4 is 5.32 Å².